The number of hydrogen-bond donors (Lipinski definition) is 2. The fraction of sp³-hybridized carbons (Fsp3) is 0.310. The van der Waals surface area contributed by atoms with E-state index in [0.29, 0.717) is 27.6 Å². The second-order valence-electron chi connectivity index (χ2n) is 10.2. The third kappa shape index (κ3) is 5.96. The number of hydrogen-bond acceptors (Lipinski definition) is 8. The van der Waals surface area contributed by atoms with Gasteiger partial charge in [-0.05, 0) is 54.4 Å². The Kier molecular flexibility index (Phi) is 8.22. The SMILES string of the molecule is COc1ccc(CN2CCN(c3cc(Cl)c4c(c3)CS(=O)(=O)c3cc(C(=O)N=C(N)N)cc(C)c3O4)CC2)cc1OC. The van der Waals surface area contributed by atoms with Gasteiger partial charge in [0.25, 0.3) is 5.91 Å². The van der Waals surface area contributed by atoms with Crippen LogP contribution in [0.25, 0.3) is 0 Å². The molecule has 0 radical (unpaired) electrons. The summed E-state index contributed by atoms with van der Waals surface area (Å²) in [6, 6.07) is 12.3. The fourth-order valence-electron chi connectivity index (χ4n) is 5.23. The van der Waals surface area contributed by atoms with Gasteiger partial charge in [0.2, 0.25) is 0 Å². The average Bonchev–Trinajstić information content (AvgIpc) is 3.06. The van der Waals surface area contributed by atoms with Crippen molar-refractivity contribution in [1.82, 2.24) is 4.90 Å². The minimum Gasteiger partial charge on any atom is -0.493 e. The number of anilines is 1. The third-order valence-electron chi connectivity index (χ3n) is 7.30. The summed E-state index contributed by atoms with van der Waals surface area (Å²) >= 11 is 6.70. The van der Waals surface area contributed by atoms with Crippen molar-refractivity contribution in [3.05, 3.63) is 69.7 Å². The molecule has 2 aliphatic rings. The predicted octanol–water partition coefficient (Wildman–Crippen LogP) is 3.48. The van der Waals surface area contributed by atoms with E-state index in [0.717, 1.165) is 44.0 Å². The monoisotopic (exact) mass is 613 g/mol. The number of sulfone groups is 1. The van der Waals surface area contributed by atoms with Gasteiger partial charge in [-0.2, -0.15) is 4.99 Å². The van der Waals surface area contributed by atoms with E-state index in [1.165, 1.54) is 12.1 Å². The second kappa shape index (κ2) is 11.7. The Morgan fingerprint density at radius 2 is 1.71 bits per heavy atom. The molecule has 0 aliphatic carbocycles. The number of piperazine rings is 1. The number of carbonyl (C=O) groups is 1. The van der Waals surface area contributed by atoms with Gasteiger partial charge in [-0.3, -0.25) is 9.69 Å². The van der Waals surface area contributed by atoms with Gasteiger partial charge >= 0.3 is 0 Å². The highest BCUT2D eigenvalue weighted by Gasteiger charge is 2.32. The van der Waals surface area contributed by atoms with E-state index < -0.39 is 21.7 Å². The lowest BCUT2D eigenvalue weighted by Crippen LogP contribution is -2.46. The van der Waals surface area contributed by atoms with E-state index in [1.807, 2.05) is 24.3 Å². The number of halogens is 1. The molecule has 1 saturated heterocycles. The van der Waals surface area contributed by atoms with Crippen LogP contribution in [0.5, 0.6) is 23.0 Å². The first kappa shape index (κ1) is 29.5. The van der Waals surface area contributed by atoms with E-state index in [-0.39, 0.29) is 27.7 Å². The first-order valence-corrected chi connectivity index (χ1v) is 15.2. The first-order valence-electron chi connectivity index (χ1n) is 13.2. The van der Waals surface area contributed by atoms with Crippen LogP contribution in [0.3, 0.4) is 0 Å². The quantitative estimate of drug-likeness (QED) is 0.312. The van der Waals surface area contributed by atoms with Crippen molar-refractivity contribution in [2.45, 2.75) is 24.1 Å². The van der Waals surface area contributed by atoms with Crippen LogP contribution in [-0.4, -0.2) is 65.6 Å². The van der Waals surface area contributed by atoms with Crippen LogP contribution in [0.2, 0.25) is 5.02 Å². The van der Waals surface area contributed by atoms with Gasteiger partial charge < -0.3 is 30.6 Å². The number of carbonyl (C=O) groups excluding carboxylic acids is 1. The normalized spacial score (nSPS) is 16.0. The molecule has 0 spiro atoms. The van der Waals surface area contributed by atoms with Crippen molar-refractivity contribution in [3.8, 4) is 23.0 Å². The summed E-state index contributed by atoms with van der Waals surface area (Å²) in [5.74, 6) is 0.273. The molecule has 0 unspecified atom stereocenters. The van der Waals surface area contributed by atoms with Crippen LogP contribution in [0.15, 0.2) is 52.4 Å². The molecule has 0 bridgehead atoms. The van der Waals surface area contributed by atoms with Crippen LogP contribution < -0.4 is 30.6 Å². The summed E-state index contributed by atoms with van der Waals surface area (Å²) < 4.78 is 44.0. The lowest BCUT2D eigenvalue weighted by atomic mass is 10.1. The summed E-state index contributed by atoms with van der Waals surface area (Å²) in [6.45, 7) is 5.47. The van der Waals surface area contributed by atoms with E-state index in [9.17, 15) is 13.2 Å². The minimum absolute atomic E-state index is 0.0375. The average molecular weight is 614 g/mol. The van der Waals surface area contributed by atoms with E-state index in [2.05, 4.69) is 14.8 Å². The van der Waals surface area contributed by atoms with Gasteiger partial charge in [0.1, 0.15) is 16.4 Å². The van der Waals surface area contributed by atoms with Crippen molar-refractivity contribution in [1.29, 1.82) is 0 Å². The highest BCUT2D eigenvalue weighted by Crippen LogP contribution is 2.45. The van der Waals surface area contributed by atoms with Crippen LogP contribution in [-0.2, 0) is 22.1 Å². The van der Waals surface area contributed by atoms with Gasteiger partial charge in [0.15, 0.2) is 27.3 Å². The number of amides is 1. The topological polar surface area (TPSA) is 150 Å². The van der Waals surface area contributed by atoms with E-state index in [1.54, 1.807) is 27.2 Å². The van der Waals surface area contributed by atoms with Gasteiger partial charge in [-0.1, -0.05) is 17.7 Å². The van der Waals surface area contributed by atoms with Gasteiger partial charge in [-0.25, -0.2) is 8.42 Å². The number of fused-ring (bicyclic) bond motifs is 2. The zero-order chi connectivity index (χ0) is 30.2. The van der Waals surface area contributed by atoms with Crippen LogP contribution in [0.1, 0.15) is 27.0 Å². The number of aryl methyl sites for hydroxylation is 1. The summed E-state index contributed by atoms with van der Waals surface area (Å²) in [5.41, 5.74) is 13.5. The lowest BCUT2D eigenvalue weighted by Gasteiger charge is -2.36. The maximum atomic E-state index is 13.5. The number of ether oxygens (including phenoxy) is 3. The number of guanidine groups is 1. The molecular formula is C29H32ClN5O6S. The highest BCUT2D eigenvalue weighted by molar-refractivity contribution is 7.90. The number of nitrogens with two attached hydrogens (primary N) is 2. The first-order chi connectivity index (χ1) is 20.0. The molecule has 1 fully saturated rings. The number of methoxy groups -OCH3 is 2. The maximum absolute atomic E-state index is 13.5. The molecule has 0 saturated carbocycles. The molecule has 0 aromatic heterocycles. The molecule has 222 valence electrons. The minimum atomic E-state index is -3.91. The summed E-state index contributed by atoms with van der Waals surface area (Å²) in [6.07, 6.45) is 0. The molecule has 3 aromatic carbocycles. The van der Waals surface area contributed by atoms with Gasteiger partial charge in [-0.15, -0.1) is 0 Å². The predicted molar refractivity (Wildman–Crippen MR) is 161 cm³/mol. The number of benzene rings is 3. The fourth-order valence-corrected chi connectivity index (χ4v) is 7.08. The van der Waals surface area contributed by atoms with Crippen LogP contribution >= 0.6 is 11.6 Å². The number of nitrogens with zero attached hydrogens (tertiary/aromatic N) is 3. The molecule has 11 nitrogen and oxygen atoms in total. The Labute approximate surface area is 249 Å². The molecule has 4 N–H and O–H groups in total. The molecule has 42 heavy (non-hydrogen) atoms. The molecular weight excluding hydrogens is 582 g/mol. The van der Waals surface area contributed by atoms with Gasteiger partial charge in [0, 0.05) is 49.5 Å². The lowest BCUT2D eigenvalue weighted by molar-refractivity contribution is 0.100. The van der Waals surface area contributed by atoms with Crippen molar-refractivity contribution in [2.24, 2.45) is 16.5 Å². The Hall–Kier alpha value is -4.00. The van der Waals surface area contributed by atoms with E-state index in [4.69, 9.17) is 37.3 Å². The molecule has 1 amide bonds. The van der Waals surface area contributed by atoms with Crippen molar-refractivity contribution in [3.63, 3.8) is 0 Å². The smallest absolute Gasteiger partial charge is 0.280 e. The highest BCUT2D eigenvalue weighted by atomic mass is 35.5. The zero-order valence-corrected chi connectivity index (χ0v) is 25.1. The van der Waals surface area contributed by atoms with Gasteiger partial charge in [0.05, 0.1) is 25.0 Å². The second-order valence-corrected chi connectivity index (χ2v) is 12.6. The van der Waals surface area contributed by atoms with Crippen molar-refractivity contribution in [2.75, 3.05) is 45.3 Å². The zero-order valence-electron chi connectivity index (χ0n) is 23.5. The number of aliphatic imine (C=N–C) groups is 1. The summed E-state index contributed by atoms with van der Waals surface area (Å²) in [7, 11) is -0.677. The Bertz CT molecular complexity index is 1680. The van der Waals surface area contributed by atoms with E-state index >= 15 is 0 Å². The molecule has 3 aromatic rings. The standard InChI is InChI=1S/C29H32ClN5O6S/c1-17-10-19(28(36)33-29(31)32)13-25-26(17)41-27-20(16-42(25,37)38)12-21(14-22(27)30)35-8-6-34(7-9-35)15-18-4-5-23(39-2)24(11-18)40-3/h4-5,10-14H,6-9,15-16H2,1-3H3,(H4,31,32,33,36). The van der Waals surface area contributed by atoms with Crippen LogP contribution in [0, 0.1) is 6.92 Å². The summed E-state index contributed by atoms with van der Waals surface area (Å²) in [4.78, 5) is 20.4. The Balaban J connectivity index is 1.36. The molecule has 5 rings (SSSR count). The van der Waals surface area contributed by atoms with Crippen molar-refractivity contribution >= 4 is 39.0 Å². The third-order valence-corrected chi connectivity index (χ3v) is 9.24. The molecule has 2 heterocycles. The number of rotatable bonds is 6. The molecule has 13 heteroatoms. The molecule has 0 atom stereocenters. The summed E-state index contributed by atoms with van der Waals surface area (Å²) in [5, 5.41) is 0.304. The van der Waals surface area contributed by atoms with Crippen LogP contribution in [0.4, 0.5) is 5.69 Å². The molecule has 2 aliphatic heterocycles. The Morgan fingerprint density at radius 3 is 2.38 bits per heavy atom. The largest absolute Gasteiger partial charge is 0.493 e. The van der Waals surface area contributed by atoms with Crippen molar-refractivity contribution < 1.29 is 27.4 Å². The maximum Gasteiger partial charge on any atom is 0.280 e. The Morgan fingerprint density at radius 1 is 1.00 bits per heavy atom.